The molecule has 0 aliphatic heterocycles. The van der Waals surface area contributed by atoms with Crippen LogP contribution >= 0.6 is 0 Å². The maximum absolute atomic E-state index is 4.22. The van der Waals surface area contributed by atoms with Crippen LogP contribution in [0.4, 0.5) is 0 Å². The molecule has 0 aromatic carbocycles. The lowest BCUT2D eigenvalue weighted by atomic mass is 9.95. The quantitative estimate of drug-likeness (QED) is 0.798. The molecule has 19 heavy (non-hydrogen) atoms. The van der Waals surface area contributed by atoms with Crippen LogP contribution < -0.4 is 5.32 Å². The fourth-order valence-corrected chi connectivity index (χ4v) is 3.33. The molecule has 0 amide bonds. The first-order valence-electron chi connectivity index (χ1n) is 8.00. The number of hydrogen-bond acceptors (Lipinski definition) is 2. The standard InChI is InChI=1S/C16H29N3/c1-3-5-14-6-4-7-15(9-8-14)17-12-10-16-11-13-18-19(16)2/h11,13-15,17H,3-10,12H2,1-2H3. The number of nitrogens with zero attached hydrogens (tertiary/aromatic N) is 2. The van der Waals surface area contributed by atoms with Crippen LogP contribution in [0.1, 0.15) is 57.6 Å². The van der Waals surface area contributed by atoms with Gasteiger partial charge < -0.3 is 5.32 Å². The smallest absolute Gasteiger partial charge is 0.0492 e. The first-order chi connectivity index (χ1) is 9.29. The highest BCUT2D eigenvalue weighted by Crippen LogP contribution is 2.26. The van der Waals surface area contributed by atoms with E-state index in [0.29, 0.717) is 0 Å². The van der Waals surface area contributed by atoms with E-state index in [1.807, 2.05) is 17.9 Å². The molecule has 108 valence electrons. The van der Waals surface area contributed by atoms with Crippen molar-refractivity contribution in [2.75, 3.05) is 6.54 Å². The Morgan fingerprint density at radius 3 is 2.95 bits per heavy atom. The monoisotopic (exact) mass is 263 g/mol. The lowest BCUT2D eigenvalue weighted by Gasteiger charge is -2.16. The Balaban J connectivity index is 1.67. The molecule has 1 aliphatic carbocycles. The summed E-state index contributed by atoms with van der Waals surface area (Å²) >= 11 is 0. The summed E-state index contributed by atoms with van der Waals surface area (Å²) < 4.78 is 1.98. The van der Waals surface area contributed by atoms with Gasteiger partial charge in [0.05, 0.1) is 0 Å². The molecule has 0 saturated heterocycles. The van der Waals surface area contributed by atoms with Crippen molar-refractivity contribution in [2.24, 2.45) is 13.0 Å². The van der Waals surface area contributed by atoms with Crippen molar-refractivity contribution < 1.29 is 0 Å². The van der Waals surface area contributed by atoms with Gasteiger partial charge in [0.15, 0.2) is 0 Å². The van der Waals surface area contributed by atoms with E-state index >= 15 is 0 Å². The van der Waals surface area contributed by atoms with Crippen molar-refractivity contribution in [1.82, 2.24) is 15.1 Å². The Hall–Kier alpha value is -0.830. The summed E-state index contributed by atoms with van der Waals surface area (Å²) in [6.45, 7) is 3.40. The fraction of sp³-hybridized carbons (Fsp3) is 0.812. The number of aromatic nitrogens is 2. The minimum absolute atomic E-state index is 0.745. The summed E-state index contributed by atoms with van der Waals surface area (Å²) in [7, 11) is 2.02. The summed E-state index contributed by atoms with van der Waals surface area (Å²) in [5.41, 5.74) is 1.32. The third-order valence-corrected chi connectivity index (χ3v) is 4.52. The Morgan fingerprint density at radius 2 is 2.21 bits per heavy atom. The van der Waals surface area contributed by atoms with Gasteiger partial charge >= 0.3 is 0 Å². The topological polar surface area (TPSA) is 29.9 Å². The normalized spacial score (nSPS) is 24.3. The van der Waals surface area contributed by atoms with E-state index in [2.05, 4.69) is 23.4 Å². The van der Waals surface area contributed by atoms with Gasteiger partial charge in [-0.1, -0.05) is 32.6 Å². The number of aryl methyl sites for hydroxylation is 1. The summed E-state index contributed by atoms with van der Waals surface area (Å²) in [5.74, 6) is 0.994. The predicted octanol–water partition coefficient (Wildman–Crippen LogP) is 3.30. The Labute approximate surface area is 117 Å². The lowest BCUT2D eigenvalue weighted by molar-refractivity contribution is 0.410. The zero-order chi connectivity index (χ0) is 13.5. The summed E-state index contributed by atoms with van der Waals surface area (Å²) in [4.78, 5) is 0. The van der Waals surface area contributed by atoms with Crippen molar-refractivity contribution in [2.45, 2.75) is 64.3 Å². The highest BCUT2D eigenvalue weighted by atomic mass is 15.3. The third kappa shape index (κ3) is 4.64. The van der Waals surface area contributed by atoms with E-state index in [4.69, 9.17) is 0 Å². The average molecular weight is 263 g/mol. The van der Waals surface area contributed by atoms with Gasteiger partial charge in [0, 0.05) is 37.9 Å². The maximum Gasteiger partial charge on any atom is 0.0492 e. The second-order valence-corrected chi connectivity index (χ2v) is 6.01. The second-order valence-electron chi connectivity index (χ2n) is 6.01. The number of hydrogen-bond donors (Lipinski definition) is 1. The molecule has 3 heteroatoms. The van der Waals surface area contributed by atoms with Crippen molar-refractivity contribution in [3.05, 3.63) is 18.0 Å². The van der Waals surface area contributed by atoms with Gasteiger partial charge in [-0.05, 0) is 31.2 Å². The van der Waals surface area contributed by atoms with Crippen molar-refractivity contribution in [1.29, 1.82) is 0 Å². The molecule has 2 rings (SSSR count). The van der Waals surface area contributed by atoms with Crippen LogP contribution in [0.5, 0.6) is 0 Å². The molecule has 1 N–H and O–H groups in total. The molecular weight excluding hydrogens is 234 g/mol. The van der Waals surface area contributed by atoms with Crippen LogP contribution in [0, 0.1) is 5.92 Å². The van der Waals surface area contributed by atoms with E-state index in [0.717, 1.165) is 24.9 Å². The van der Waals surface area contributed by atoms with Gasteiger partial charge in [0.1, 0.15) is 0 Å². The lowest BCUT2D eigenvalue weighted by Crippen LogP contribution is -2.30. The van der Waals surface area contributed by atoms with Crippen LogP contribution in [0.2, 0.25) is 0 Å². The van der Waals surface area contributed by atoms with Crippen LogP contribution in [-0.4, -0.2) is 22.4 Å². The van der Waals surface area contributed by atoms with Gasteiger partial charge in [0.25, 0.3) is 0 Å². The first kappa shape index (κ1) is 14.6. The molecule has 1 heterocycles. The molecule has 1 aromatic heterocycles. The maximum atomic E-state index is 4.22. The molecule has 0 bridgehead atoms. The van der Waals surface area contributed by atoms with Gasteiger partial charge in [0.2, 0.25) is 0 Å². The van der Waals surface area contributed by atoms with Crippen molar-refractivity contribution in [3.63, 3.8) is 0 Å². The van der Waals surface area contributed by atoms with Crippen molar-refractivity contribution >= 4 is 0 Å². The summed E-state index contributed by atoms with van der Waals surface area (Å²) in [5, 5.41) is 7.96. The minimum atomic E-state index is 0.745. The molecule has 1 aliphatic rings. The SMILES string of the molecule is CCCC1CCCC(NCCc2ccnn2C)CC1. The molecule has 1 aromatic rings. The molecule has 1 fully saturated rings. The van der Waals surface area contributed by atoms with Gasteiger partial charge in [-0.3, -0.25) is 4.68 Å². The zero-order valence-electron chi connectivity index (χ0n) is 12.6. The number of nitrogens with one attached hydrogen (secondary N) is 1. The largest absolute Gasteiger partial charge is 0.314 e. The summed E-state index contributed by atoms with van der Waals surface area (Å²) in [6, 6.07) is 2.86. The van der Waals surface area contributed by atoms with E-state index in [1.165, 1.54) is 50.6 Å². The first-order valence-corrected chi connectivity index (χ1v) is 8.00. The Kier molecular flexibility index (Phi) is 5.90. The Morgan fingerprint density at radius 1 is 1.32 bits per heavy atom. The van der Waals surface area contributed by atoms with Gasteiger partial charge in [-0.2, -0.15) is 5.10 Å². The summed E-state index contributed by atoms with van der Waals surface area (Å²) in [6.07, 6.45) is 12.8. The third-order valence-electron chi connectivity index (χ3n) is 4.52. The van der Waals surface area contributed by atoms with Crippen LogP contribution in [0.15, 0.2) is 12.3 Å². The minimum Gasteiger partial charge on any atom is -0.314 e. The Bertz CT molecular complexity index is 359. The molecule has 0 radical (unpaired) electrons. The van der Waals surface area contributed by atoms with Crippen molar-refractivity contribution in [3.8, 4) is 0 Å². The molecule has 1 saturated carbocycles. The molecule has 3 nitrogen and oxygen atoms in total. The van der Waals surface area contributed by atoms with Gasteiger partial charge in [-0.15, -0.1) is 0 Å². The van der Waals surface area contributed by atoms with E-state index in [1.54, 1.807) is 0 Å². The fourth-order valence-electron chi connectivity index (χ4n) is 3.33. The predicted molar refractivity (Wildman–Crippen MR) is 80.2 cm³/mol. The van der Waals surface area contributed by atoms with Crippen LogP contribution in [0.25, 0.3) is 0 Å². The van der Waals surface area contributed by atoms with Crippen LogP contribution in [-0.2, 0) is 13.5 Å². The molecule has 2 unspecified atom stereocenters. The van der Waals surface area contributed by atoms with Crippen LogP contribution in [0.3, 0.4) is 0 Å². The van der Waals surface area contributed by atoms with E-state index < -0.39 is 0 Å². The average Bonchev–Trinajstić information content (AvgIpc) is 2.68. The van der Waals surface area contributed by atoms with E-state index in [9.17, 15) is 0 Å². The van der Waals surface area contributed by atoms with E-state index in [-0.39, 0.29) is 0 Å². The molecular formula is C16H29N3. The second kappa shape index (κ2) is 7.68. The number of rotatable bonds is 6. The highest BCUT2D eigenvalue weighted by Gasteiger charge is 2.17. The zero-order valence-corrected chi connectivity index (χ0v) is 12.6. The molecule has 0 spiro atoms. The van der Waals surface area contributed by atoms with Gasteiger partial charge in [-0.25, -0.2) is 0 Å². The molecule has 2 atom stereocenters. The highest BCUT2D eigenvalue weighted by molar-refractivity contribution is 5.00.